The van der Waals surface area contributed by atoms with Gasteiger partial charge >= 0.3 is 0 Å². The van der Waals surface area contributed by atoms with E-state index in [2.05, 4.69) is 48.1 Å². The van der Waals surface area contributed by atoms with E-state index in [1.807, 2.05) is 0 Å². The number of rotatable bonds is 4. The molecule has 112 valence electrons. The Morgan fingerprint density at radius 2 is 1.68 bits per heavy atom. The molecule has 0 radical (unpaired) electrons. The average Bonchev–Trinajstić information content (AvgIpc) is 2.40. The molecule has 1 N–H and O–H groups in total. The number of likely N-dealkylation sites (tertiary alicyclic amines) is 1. The van der Waals surface area contributed by atoms with Crippen LogP contribution in [0.2, 0.25) is 0 Å². The normalized spacial score (nSPS) is 30.6. The Morgan fingerprint density at radius 3 is 2.37 bits per heavy atom. The van der Waals surface area contributed by atoms with E-state index in [1.165, 1.54) is 45.6 Å². The zero-order valence-corrected chi connectivity index (χ0v) is 13.2. The second-order valence-corrected chi connectivity index (χ2v) is 6.73. The van der Waals surface area contributed by atoms with Crippen LogP contribution in [-0.2, 0) is 0 Å². The number of hydrogen-bond acceptors (Lipinski definition) is 4. The van der Waals surface area contributed by atoms with Crippen LogP contribution in [0.3, 0.4) is 0 Å². The first-order valence-electron chi connectivity index (χ1n) is 7.87. The van der Waals surface area contributed by atoms with Gasteiger partial charge in [0.2, 0.25) is 0 Å². The molecule has 0 aromatic rings. The van der Waals surface area contributed by atoms with Crippen molar-refractivity contribution in [3.63, 3.8) is 0 Å². The number of likely N-dealkylation sites (N-methyl/N-ethyl adjacent to an activating group) is 2. The van der Waals surface area contributed by atoms with Gasteiger partial charge in [-0.15, -0.1) is 0 Å². The minimum absolute atomic E-state index is 0.661. The molecule has 0 aliphatic carbocycles. The molecule has 2 saturated heterocycles. The monoisotopic (exact) mass is 268 g/mol. The molecular formula is C15H32N4. The highest BCUT2D eigenvalue weighted by atomic mass is 15.3. The minimum Gasteiger partial charge on any atom is -0.312 e. The molecule has 2 unspecified atom stereocenters. The van der Waals surface area contributed by atoms with Crippen LogP contribution in [0, 0.1) is 5.92 Å². The third-order valence-corrected chi connectivity index (χ3v) is 5.13. The van der Waals surface area contributed by atoms with E-state index in [0.29, 0.717) is 12.1 Å². The van der Waals surface area contributed by atoms with Gasteiger partial charge < -0.3 is 15.1 Å². The summed E-state index contributed by atoms with van der Waals surface area (Å²) in [6.07, 6.45) is 2.70. The van der Waals surface area contributed by atoms with Crippen LogP contribution < -0.4 is 5.32 Å². The highest BCUT2D eigenvalue weighted by molar-refractivity contribution is 4.84. The first-order valence-corrected chi connectivity index (χ1v) is 7.87. The van der Waals surface area contributed by atoms with Crippen molar-refractivity contribution in [1.82, 2.24) is 20.0 Å². The number of nitrogens with one attached hydrogen (secondary N) is 1. The van der Waals surface area contributed by atoms with Gasteiger partial charge in [0.25, 0.3) is 0 Å². The van der Waals surface area contributed by atoms with Crippen molar-refractivity contribution in [3.05, 3.63) is 0 Å². The molecule has 2 heterocycles. The van der Waals surface area contributed by atoms with Crippen molar-refractivity contribution in [2.45, 2.75) is 31.8 Å². The molecule has 4 nitrogen and oxygen atoms in total. The maximum absolute atomic E-state index is 3.80. The fourth-order valence-electron chi connectivity index (χ4n) is 3.34. The zero-order valence-electron chi connectivity index (χ0n) is 13.2. The predicted octanol–water partition coefficient (Wildman–Crippen LogP) is 0.552. The van der Waals surface area contributed by atoms with Gasteiger partial charge in [-0.25, -0.2) is 0 Å². The van der Waals surface area contributed by atoms with Crippen molar-refractivity contribution in [3.8, 4) is 0 Å². The quantitative estimate of drug-likeness (QED) is 0.804. The maximum atomic E-state index is 3.80. The van der Waals surface area contributed by atoms with Gasteiger partial charge in [-0.1, -0.05) is 0 Å². The lowest BCUT2D eigenvalue weighted by molar-refractivity contribution is 0.107. The summed E-state index contributed by atoms with van der Waals surface area (Å²) in [6.45, 7) is 9.65. The van der Waals surface area contributed by atoms with E-state index in [0.717, 1.165) is 12.5 Å². The van der Waals surface area contributed by atoms with Crippen molar-refractivity contribution >= 4 is 0 Å². The number of nitrogens with zero attached hydrogens (tertiary/aromatic N) is 3. The standard InChI is InChI=1S/C15H32N4/c1-13(14-5-7-17(2)8-6-14)16-11-15-12-18(3)9-10-19(15)4/h13-16H,5-12H2,1-4H3. The number of hydrogen-bond donors (Lipinski definition) is 1. The molecule has 4 heteroatoms. The van der Waals surface area contributed by atoms with Crippen molar-refractivity contribution < 1.29 is 0 Å². The van der Waals surface area contributed by atoms with Gasteiger partial charge in [-0.2, -0.15) is 0 Å². The summed E-state index contributed by atoms with van der Waals surface area (Å²) in [5, 5.41) is 3.80. The van der Waals surface area contributed by atoms with Crippen LogP contribution in [-0.4, -0.2) is 87.2 Å². The molecule has 0 bridgehead atoms. The summed E-state index contributed by atoms with van der Waals surface area (Å²) < 4.78 is 0. The fourth-order valence-corrected chi connectivity index (χ4v) is 3.34. The summed E-state index contributed by atoms with van der Waals surface area (Å²) >= 11 is 0. The lowest BCUT2D eigenvalue weighted by Crippen LogP contribution is -2.55. The molecule has 0 amide bonds. The van der Waals surface area contributed by atoms with E-state index < -0.39 is 0 Å². The molecule has 2 atom stereocenters. The van der Waals surface area contributed by atoms with Crippen LogP contribution in [0.4, 0.5) is 0 Å². The van der Waals surface area contributed by atoms with Gasteiger partial charge in [0, 0.05) is 38.3 Å². The molecule has 2 aliphatic heterocycles. The van der Waals surface area contributed by atoms with Crippen molar-refractivity contribution in [2.75, 3.05) is 60.4 Å². The molecule has 0 aromatic heterocycles. The summed E-state index contributed by atoms with van der Waals surface area (Å²) in [7, 11) is 6.74. The molecular weight excluding hydrogens is 236 g/mol. The molecule has 0 saturated carbocycles. The second-order valence-electron chi connectivity index (χ2n) is 6.73. The highest BCUT2D eigenvalue weighted by Gasteiger charge is 2.25. The minimum atomic E-state index is 0.661. The van der Waals surface area contributed by atoms with Crippen LogP contribution in [0.15, 0.2) is 0 Å². The SMILES string of the molecule is CC(NCC1CN(C)CCN1C)C1CCN(C)CC1. The highest BCUT2D eigenvalue weighted by Crippen LogP contribution is 2.19. The van der Waals surface area contributed by atoms with E-state index in [-0.39, 0.29) is 0 Å². The lowest BCUT2D eigenvalue weighted by Gasteiger charge is -2.39. The van der Waals surface area contributed by atoms with Crippen LogP contribution >= 0.6 is 0 Å². The predicted molar refractivity (Wildman–Crippen MR) is 81.6 cm³/mol. The molecule has 0 aromatic carbocycles. The first kappa shape index (κ1) is 15.2. The van der Waals surface area contributed by atoms with E-state index >= 15 is 0 Å². The van der Waals surface area contributed by atoms with Crippen molar-refractivity contribution in [2.24, 2.45) is 5.92 Å². The summed E-state index contributed by atoms with van der Waals surface area (Å²) in [4.78, 5) is 7.41. The molecule has 2 fully saturated rings. The lowest BCUT2D eigenvalue weighted by atomic mass is 9.90. The largest absolute Gasteiger partial charge is 0.312 e. The van der Waals surface area contributed by atoms with Crippen LogP contribution in [0.25, 0.3) is 0 Å². The van der Waals surface area contributed by atoms with Crippen LogP contribution in [0.1, 0.15) is 19.8 Å². The molecule has 2 aliphatic rings. The van der Waals surface area contributed by atoms with E-state index in [9.17, 15) is 0 Å². The summed E-state index contributed by atoms with van der Waals surface area (Å²) in [5.74, 6) is 0.864. The van der Waals surface area contributed by atoms with Gasteiger partial charge in [0.05, 0.1) is 0 Å². The van der Waals surface area contributed by atoms with E-state index in [4.69, 9.17) is 0 Å². The third-order valence-electron chi connectivity index (χ3n) is 5.13. The summed E-state index contributed by atoms with van der Waals surface area (Å²) in [6, 6.07) is 1.33. The first-order chi connectivity index (χ1) is 9.06. The van der Waals surface area contributed by atoms with Crippen LogP contribution in [0.5, 0.6) is 0 Å². The Bertz CT molecular complexity index is 263. The Balaban J connectivity index is 1.72. The molecule has 0 spiro atoms. The number of piperazine rings is 1. The zero-order chi connectivity index (χ0) is 13.8. The van der Waals surface area contributed by atoms with Gasteiger partial charge in [-0.3, -0.25) is 4.90 Å². The molecule has 2 rings (SSSR count). The number of piperidine rings is 1. The third kappa shape index (κ3) is 4.42. The Hall–Kier alpha value is -0.160. The van der Waals surface area contributed by atoms with E-state index in [1.54, 1.807) is 0 Å². The fraction of sp³-hybridized carbons (Fsp3) is 1.00. The maximum Gasteiger partial charge on any atom is 0.0345 e. The average molecular weight is 268 g/mol. The van der Waals surface area contributed by atoms with Crippen molar-refractivity contribution in [1.29, 1.82) is 0 Å². The Labute approximate surface area is 119 Å². The summed E-state index contributed by atoms with van der Waals surface area (Å²) in [5.41, 5.74) is 0. The van der Waals surface area contributed by atoms with Gasteiger partial charge in [-0.05, 0) is 59.9 Å². The van der Waals surface area contributed by atoms with Gasteiger partial charge in [0.1, 0.15) is 0 Å². The molecule has 19 heavy (non-hydrogen) atoms. The Morgan fingerprint density at radius 1 is 1.00 bits per heavy atom. The Kier molecular flexibility index (Phi) is 5.63. The smallest absolute Gasteiger partial charge is 0.0345 e. The topological polar surface area (TPSA) is 21.8 Å². The second kappa shape index (κ2) is 7.02. The van der Waals surface area contributed by atoms with Gasteiger partial charge in [0.15, 0.2) is 0 Å².